The molecule has 0 aliphatic carbocycles. The molecule has 0 N–H and O–H groups in total. The number of para-hydroxylation sites is 4. The molecule has 0 unspecified atom stereocenters. The van der Waals surface area contributed by atoms with Crippen LogP contribution >= 0.6 is 41.0 Å². The molecule has 0 fully saturated rings. The van der Waals surface area contributed by atoms with Gasteiger partial charge in [-0.25, -0.2) is 9.97 Å². The van der Waals surface area contributed by atoms with Crippen LogP contribution in [0.1, 0.15) is 13.8 Å². The van der Waals surface area contributed by atoms with Crippen molar-refractivity contribution in [2.24, 2.45) is 0 Å². The molecule has 2 aromatic carbocycles. The Kier molecular flexibility index (Phi) is 9.19. The van der Waals surface area contributed by atoms with Gasteiger partial charge in [-0.15, -0.1) is 0 Å². The Bertz CT molecular complexity index is 830. The van der Waals surface area contributed by atoms with Crippen LogP contribution in [0.15, 0.2) is 61.2 Å². The first-order valence-corrected chi connectivity index (χ1v) is 14.2. The van der Waals surface area contributed by atoms with E-state index in [4.69, 9.17) is 0 Å². The number of imidazole rings is 2. The second-order valence-electron chi connectivity index (χ2n) is 5.08. The van der Waals surface area contributed by atoms with Gasteiger partial charge in [-0.2, -0.15) is 0 Å². The van der Waals surface area contributed by atoms with E-state index in [0.717, 1.165) is 24.1 Å². The minimum atomic E-state index is 0.987. The van der Waals surface area contributed by atoms with Crippen molar-refractivity contribution in [1.29, 1.82) is 0 Å². The Hall–Kier alpha value is -0.666. The number of hydrogen-bond donors (Lipinski definition) is 0. The van der Waals surface area contributed by atoms with Gasteiger partial charge in [0.05, 0.1) is 34.7 Å². The van der Waals surface area contributed by atoms with Crippen LogP contribution in [0.5, 0.6) is 0 Å². The Morgan fingerprint density at radius 3 is 1.48 bits per heavy atom. The summed E-state index contributed by atoms with van der Waals surface area (Å²) in [6.45, 7) is 6.21. The predicted octanol–water partition coefficient (Wildman–Crippen LogP) is 5.88. The average Bonchev–Trinajstić information content (AvgIpc) is 3.26. The van der Waals surface area contributed by atoms with E-state index in [0.29, 0.717) is 0 Å². The molecule has 4 rings (SSSR count). The summed E-state index contributed by atoms with van der Waals surface area (Å²) in [6, 6.07) is 16.3. The SMILES string of the molecule is CCn1cnc2ccccc21.CCn1cnc2ccccc21.[I][Ni][I]. The summed E-state index contributed by atoms with van der Waals surface area (Å²) in [5.74, 6) is 0. The molecular formula is C18H20I2N4Ni. The number of rotatable bonds is 2. The minimum absolute atomic E-state index is 0.987. The average molecular weight is 605 g/mol. The maximum absolute atomic E-state index is 4.25. The fraction of sp³-hybridized carbons (Fsp3) is 0.222. The Morgan fingerprint density at radius 2 is 1.12 bits per heavy atom. The zero-order valence-electron chi connectivity index (χ0n) is 14.0. The van der Waals surface area contributed by atoms with E-state index in [-0.39, 0.29) is 0 Å². The normalized spacial score (nSPS) is 10.2. The molecule has 0 bridgehead atoms. The molecule has 0 aliphatic heterocycles. The van der Waals surface area contributed by atoms with Gasteiger partial charge in [-0.3, -0.25) is 0 Å². The van der Waals surface area contributed by atoms with E-state index in [1.54, 1.807) is 8.07 Å². The number of halogens is 2. The number of aryl methyl sites for hydroxylation is 2. The van der Waals surface area contributed by atoms with Gasteiger partial charge in [0.1, 0.15) is 0 Å². The first kappa shape index (κ1) is 20.6. The number of hydrogen-bond acceptors (Lipinski definition) is 2. The fourth-order valence-electron chi connectivity index (χ4n) is 2.52. The zero-order valence-corrected chi connectivity index (χ0v) is 19.4. The van der Waals surface area contributed by atoms with E-state index in [1.807, 2.05) is 49.1 Å². The Labute approximate surface area is 177 Å². The molecule has 0 amide bonds. The molecule has 0 saturated carbocycles. The van der Waals surface area contributed by atoms with Crippen LogP contribution in [0.4, 0.5) is 0 Å². The van der Waals surface area contributed by atoms with Crippen LogP contribution in [-0.2, 0) is 21.2 Å². The van der Waals surface area contributed by atoms with Gasteiger partial charge in [0.15, 0.2) is 0 Å². The molecule has 7 heteroatoms. The second kappa shape index (κ2) is 11.1. The summed E-state index contributed by atoms with van der Waals surface area (Å²) >= 11 is 4.43. The van der Waals surface area contributed by atoms with Crippen molar-refractivity contribution in [2.45, 2.75) is 26.9 Å². The number of nitrogens with zero attached hydrogens (tertiary/aromatic N) is 4. The van der Waals surface area contributed by atoms with Crippen LogP contribution < -0.4 is 0 Å². The number of aromatic nitrogens is 4. The third-order valence-corrected chi connectivity index (χ3v) is 3.74. The molecule has 0 radical (unpaired) electrons. The standard InChI is InChI=1S/2C9H10N2.2HI.Ni/c2*1-2-11-7-10-8-5-3-4-6-9(8)11;;;/h2*3-7H,2H2,1H3;2*1H;/q;;;;+2/p-2. The summed E-state index contributed by atoms with van der Waals surface area (Å²) in [5, 5.41) is 0. The topological polar surface area (TPSA) is 35.6 Å². The van der Waals surface area contributed by atoms with Crippen molar-refractivity contribution in [1.82, 2.24) is 19.1 Å². The van der Waals surface area contributed by atoms with Gasteiger partial charge in [0, 0.05) is 13.1 Å². The van der Waals surface area contributed by atoms with Gasteiger partial charge in [-0.1, -0.05) is 24.3 Å². The van der Waals surface area contributed by atoms with E-state index in [9.17, 15) is 0 Å². The van der Waals surface area contributed by atoms with Gasteiger partial charge in [-0.05, 0) is 38.1 Å². The van der Waals surface area contributed by atoms with Crippen molar-refractivity contribution in [3.63, 3.8) is 0 Å². The summed E-state index contributed by atoms with van der Waals surface area (Å²) < 4.78 is 4.27. The third kappa shape index (κ3) is 5.66. The number of benzene rings is 2. The summed E-state index contributed by atoms with van der Waals surface area (Å²) in [5.41, 5.74) is 4.59. The monoisotopic (exact) mass is 604 g/mol. The van der Waals surface area contributed by atoms with E-state index >= 15 is 0 Å². The van der Waals surface area contributed by atoms with Crippen molar-refractivity contribution in [3.05, 3.63) is 61.2 Å². The van der Waals surface area contributed by atoms with Crippen LogP contribution in [-0.4, -0.2) is 19.1 Å². The Morgan fingerprint density at radius 1 is 0.760 bits per heavy atom. The molecule has 4 aromatic rings. The molecule has 0 spiro atoms. The molecule has 2 aromatic heterocycles. The zero-order chi connectivity index (χ0) is 18.1. The van der Waals surface area contributed by atoms with Crippen molar-refractivity contribution in [2.75, 3.05) is 0 Å². The van der Waals surface area contributed by atoms with Crippen molar-refractivity contribution < 1.29 is 8.07 Å². The first-order chi connectivity index (χ1) is 12.2. The first-order valence-electron chi connectivity index (χ1n) is 7.87. The molecule has 0 aliphatic rings. The van der Waals surface area contributed by atoms with E-state index in [1.165, 1.54) is 11.0 Å². The predicted molar refractivity (Wildman–Crippen MR) is 119 cm³/mol. The second-order valence-corrected chi connectivity index (χ2v) is 13.4. The molecule has 0 atom stereocenters. The summed E-state index contributed by atoms with van der Waals surface area (Å²) in [7, 11) is 1.56. The maximum atomic E-state index is 4.25. The van der Waals surface area contributed by atoms with E-state index in [2.05, 4.69) is 86.1 Å². The quantitative estimate of drug-likeness (QED) is 0.212. The Balaban J connectivity index is 0.000000156. The molecule has 25 heavy (non-hydrogen) atoms. The molecule has 0 saturated heterocycles. The van der Waals surface area contributed by atoms with Crippen LogP contribution in [0, 0.1) is 0 Å². The number of fused-ring (bicyclic) bond motifs is 2. The van der Waals surface area contributed by atoms with Gasteiger partial charge in [0.25, 0.3) is 0 Å². The van der Waals surface area contributed by atoms with Crippen LogP contribution in [0.25, 0.3) is 22.1 Å². The summed E-state index contributed by atoms with van der Waals surface area (Å²) in [6.07, 6.45) is 3.76. The third-order valence-electron chi connectivity index (χ3n) is 3.74. The van der Waals surface area contributed by atoms with Crippen molar-refractivity contribution >= 4 is 63.0 Å². The fourth-order valence-corrected chi connectivity index (χ4v) is 2.52. The van der Waals surface area contributed by atoms with Crippen LogP contribution in [0.2, 0.25) is 0 Å². The van der Waals surface area contributed by atoms with Gasteiger partial charge in [0.2, 0.25) is 0 Å². The summed E-state index contributed by atoms with van der Waals surface area (Å²) in [4.78, 5) is 8.50. The van der Waals surface area contributed by atoms with E-state index < -0.39 is 0 Å². The van der Waals surface area contributed by atoms with Crippen LogP contribution in [0.3, 0.4) is 0 Å². The van der Waals surface area contributed by atoms with Gasteiger partial charge < -0.3 is 9.13 Å². The molecule has 2 heterocycles. The van der Waals surface area contributed by atoms with Gasteiger partial charge >= 0.3 is 49.0 Å². The molecular weight excluding hydrogens is 585 g/mol. The molecule has 4 nitrogen and oxygen atoms in total. The van der Waals surface area contributed by atoms with Crippen molar-refractivity contribution in [3.8, 4) is 0 Å². The molecule has 136 valence electrons.